The fourth-order valence-electron chi connectivity index (χ4n) is 1.96. The maximum Gasteiger partial charge on any atom is 0.118 e. The van der Waals surface area contributed by atoms with E-state index in [0.717, 1.165) is 16.9 Å². The highest BCUT2D eigenvalue weighted by atomic mass is 35.5. The quantitative estimate of drug-likeness (QED) is 0.833. The molecule has 0 fully saturated rings. The topological polar surface area (TPSA) is 29.5 Å². The molecule has 0 aliphatic rings. The van der Waals surface area contributed by atoms with Crippen molar-refractivity contribution in [2.45, 2.75) is 17.9 Å². The zero-order chi connectivity index (χ0) is 13.7. The summed E-state index contributed by atoms with van der Waals surface area (Å²) in [4.78, 5) is 0. The Morgan fingerprint density at radius 3 is 2.21 bits per heavy atom. The van der Waals surface area contributed by atoms with Crippen LogP contribution in [0.1, 0.15) is 29.0 Å². The van der Waals surface area contributed by atoms with Gasteiger partial charge < -0.3 is 9.84 Å². The molecule has 0 unspecified atom stereocenters. The number of aliphatic hydroxyl groups excluding tert-OH is 1. The smallest absolute Gasteiger partial charge is 0.118 e. The van der Waals surface area contributed by atoms with Gasteiger partial charge in [0, 0.05) is 0 Å². The van der Waals surface area contributed by atoms with Crippen molar-refractivity contribution in [1.29, 1.82) is 0 Å². The summed E-state index contributed by atoms with van der Waals surface area (Å²) in [5.74, 6) is 0.779. The lowest BCUT2D eigenvalue weighted by molar-refractivity contribution is 0.166. The molecule has 2 nitrogen and oxygen atoms in total. The normalized spacial score (nSPS) is 13.8. The van der Waals surface area contributed by atoms with Gasteiger partial charge in [0.1, 0.15) is 5.75 Å². The highest BCUT2D eigenvalue weighted by Gasteiger charge is 2.15. The Kier molecular flexibility index (Phi) is 4.83. The number of aliphatic hydroxyl groups is 1. The number of halogens is 1. The summed E-state index contributed by atoms with van der Waals surface area (Å²) < 4.78 is 5.09. The monoisotopic (exact) mass is 276 g/mol. The molecule has 2 atom stereocenters. The maximum absolute atomic E-state index is 10.2. The molecule has 3 heteroatoms. The van der Waals surface area contributed by atoms with Gasteiger partial charge in [-0.15, -0.1) is 11.6 Å². The largest absolute Gasteiger partial charge is 0.497 e. The van der Waals surface area contributed by atoms with E-state index in [0.29, 0.717) is 6.42 Å². The van der Waals surface area contributed by atoms with Crippen LogP contribution in [0.2, 0.25) is 0 Å². The van der Waals surface area contributed by atoms with Crippen molar-refractivity contribution in [2.24, 2.45) is 0 Å². The molecule has 0 radical (unpaired) electrons. The molecule has 100 valence electrons. The molecule has 2 aromatic rings. The van der Waals surface area contributed by atoms with Gasteiger partial charge in [0.15, 0.2) is 0 Å². The maximum atomic E-state index is 10.2. The van der Waals surface area contributed by atoms with E-state index in [1.807, 2.05) is 54.6 Å². The Hall–Kier alpha value is -1.51. The Morgan fingerprint density at radius 1 is 1.00 bits per heavy atom. The van der Waals surface area contributed by atoms with Gasteiger partial charge in [0.2, 0.25) is 0 Å². The Labute approximate surface area is 118 Å². The van der Waals surface area contributed by atoms with Crippen LogP contribution in [0.3, 0.4) is 0 Å². The molecular weight excluding hydrogens is 260 g/mol. The van der Waals surface area contributed by atoms with E-state index in [4.69, 9.17) is 16.3 Å². The fourth-order valence-corrected chi connectivity index (χ4v) is 2.27. The van der Waals surface area contributed by atoms with Gasteiger partial charge in [-0.2, -0.15) is 0 Å². The van der Waals surface area contributed by atoms with Crippen LogP contribution < -0.4 is 4.74 Å². The van der Waals surface area contributed by atoms with E-state index < -0.39 is 6.10 Å². The van der Waals surface area contributed by atoms with Crippen LogP contribution in [-0.2, 0) is 0 Å². The van der Waals surface area contributed by atoms with Gasteiger partial charge in [-0.3, -0.25) is 0 Å². The summed E-state index contributed by atoms with van der Waals surface area (Å²) in [6.45, 7) is 0. The van der Waals surface area contributed by atoms with Crippen LogP contribution in [0, 0.1) is 0 Å². The number of methoxy groups -OCH3 is 1. The van der Waals surface area contributed by atoms with Crippen molar-refractivity contribution in [3.8, 4) is 5.75 Å². The van der Waals surface area contributed by atoms with Crippen LogP contribution in [0.4, 0.5) is 0 Å². The Balaban J connectivity index is 2.02. The van der Waals surface area contributed by atoms with Crippen molar-refractivity contribution in [1.82, 2.24) is 0 Å². The van der Waals surface area contributed by atoms with Gasteiger partial charge in [-0.05, 0) is 29.7 Å². The first-order valence-electron chi connectivity index (χ1n) is 6.21. The molecule has 2 rings (SSSR count). The molecule has 1 N–H and O–H groups in total. The number of rotatable bonds is 5. The third kappa shape index (κ3) is 3.72. The van der Waals surface area contributed by atoms with Crippen LogP contribution in [0.15, 0.2) is 54.6 Å². The predicted octanol–water partition coefficient (Wildman–Crippen LogP) is 4.10. The lowest BCUT2D eigenvalue weighted by Crippen LogP contribution is -2.02. The summed E-state index contributed by atoms with van der Waals surface area (Å²) in [5, 5.41) is 9.99. The summed E-state index contributed by atoms with van der Waals surface area (Å²) in [5.41, 5.74) is 1.87. The van der Waals surface area contributed by atoms with Crippen LogP contribution in [0.5, 0.6) is 5.75 Å². The molecule has 0 saturated heterocycles. The van der Waals surface area contributed by atoms with E-state index in [1.54, 1.807) is 7.11 Å². The molecule has 0 saturated carbocycles. The molecule has 0 bridgehead atoms. The molecule has 2 aromatic carbocycles. The lowest BCUT2D eigenvalue weighted by Gasteiger charge is -2.16. The average molecular weight is 277 g/mol. The molecule has 0 aliphatic heterocycles. The molecular formula is C16H17ClO2. The highest BCUT2D eigenvalue weighted by Crippen LogP contribution is 2.31. The predicted molar refractivity (Wildman–Crippen MR) is 77.6 cm³/mol. The second kappa shape index (κ2) is 6.60. The van der Waals surface area contributed by atoms with Crippen molar-refractivity contribution >= 4 is 11.6 Å². The van der Waals surface area contributed by atoms with E-state index in [2.05, 4.69) is 0 Å². The number of benzene rings is 2. The van der Waals surface area contributed by atoms with Crippen molar-refractivity contribution in [3.05, 3.63) is 65.7 Å². The fraction of sp³-hybridized carbons (Fsp3) is 0.250. The summed E-state index contributed by atoms with van der Waals surface area (Å²) in [6, 6.07) is 17.2. The third-order valence-corrected chi connectivity index (χ3v) is 3.52. The van der Waals surface area contributed by atoms with E-state index >= 15 is 0 Å². The van der Waals surface area contributed by atoms with Crippen molar-refractivity contribution in [2.75, 3.05) is 7.11 Å². The third-order valence-electron chi connectivity index (χ3n) is 3.09. The van der Waals surface area contributed by atoms with E-state index in [-0.39, 0.29) is 5.38 Å². The summed E-state index contributed by atoms with van der Waals surface area (Å²) in [6.07, 6.45) is -0.0913. The van der Waals surface area contributed by atoms with Crippen LogP contribution >= 0.6 is 11.6 Å². The molecule has 0 amide bonds. The number of hydrogen-bond donors (Lipinski definition) is 1. The molecule has 19 heavy (non-hydrogen) atoms. The van der Waals surface area contributed by atoms with Gasteiger partial charge in [0.25, 0.3) is 0 Å². The Morgan fingerprint density at radius 2 is 1.63 bits per heavy atom. The minimum Gasteiger partial charge on any atom is -0.497 e. The minimum atomic E-state index is -0.575. The molecule has 0 spiro atoms. The lowest BCUT2D eigenvalue weighted by atomic mass is 10.0. The zero-order valence-electron chi connectivity index (χ0n) is 10.8. The van der Waals surface area contributed by atoms with E-state index in [9.17, 15) is 5.11 Å². The van der Waals surface area contributed by atoms with Crippen molar-refractivity contribution < 1.29 is 9.84 Å². The van der Waals surface area contributed by atoms with E-state index in [1.165, 1.54) is 0 Å². The number of ether oxygens (including phenoxy) is 1. The van der Waals surface area contributed by atoms with Crippen LogP contribution in [0.25, 0.3) is 0 Å². The highest BCUT2D eigenvalue weighted by molar-refractivity contribution is 6.20. The first-order chi connectivity index (χ1) is 9.20. The Bertz CT molecular complexity index is 496. The standard InChI is InChI=1S/C16H17ClO2/c1-19-14-9-7-13(8-10-14)16(18)11-15(17)12-5-3-2-4-6-12/h2-10,15-16,18H,11H2,1H3/t15-,16-/m1/s1. The second-order valence-corrected chi connectivity index (χ2v) is 4.93. The minimum absolute atomic E-state index is 0.196. The van der Waals surface area contributed by atoms with Crippen molar-refractivity contribution in [3.63, 3.8) is 0 Å². The average Bonchev–Trinajstić information content (AvgIpc) is 2.48. The molecule has 0 heterocycles. The first-order valence-corrected chi connectivity index (χ1v) is 6.65. The molecule has 0 aliphatic carbocycles. The number of hydrogen-bond acceptors (Lipinski definition) is 2. The van der Waals surface area contributed by atoms with Gasteiger partial charge >= 0.3 is 0 Å². The van der Waals surface area contributed by atoms with Gasteiger partial charge in [-0.1, -0.05) is 42.5 Å². The second-order valence-electron chi connectivity index (χ2n) is 4.40. The molecule has 0 aromatic heterocycles. The zero-order valence-corrected chi connectivity index (χ0v) is 11.5. The summed E-state index contributed by atoms with van der Waals surface area (Å²) >= 11 is 6.32. The van der Waals surface area contributed by atoms with Crippen LogP contribution in [-0.4, -0.2) is 12.2 Å². The van der Waals surface area contributed by atoms with Gasteiger partial charge in [-0.25, -0.2) is 0 Å². The SMILES string of the molecule is COc1ccc([C@H](O)C[C@@H](Cl)c2ccccc2)cc1. The summed E-state index contributed by atoms with van der Waals surface area (Å²) in [7, 11) is 1.62. The first kappa shape index (κ1) is 13.9. The van der Waals surface area contributed by atoms with Gasteiger partial charge in [0.05, 0.1) is 18.6 Å². The number of alkyl halides is 1.